The summed E-state index contributed by atoms with van der Waals surface area (Å²) in [6.45, 7) is 3.29. The molecule has 1 saturated heterocycles. The van der Waals surface area contributed by atoms with Gasteiger partial charge in [0.1, 0.15) is 24.0 Å². The van der Waals surface area contributed by atoms with E-state index in [9.17, 15) is 35.2 Å². The Morgan fingerprint density at radius 1 is 1.06 bits per heavy atom. The van der Waals surface area contributed by atoms with Gasteiger partial charge in [0.25, 0.3) is 5.56 Å². The van der Waals surface area contributed by atoms with Gasteiger partial charge in [0.2, 0.25) is 10.0 Å². The summed E-state index contributed by atoms with van der Waals surface area (Å²) in [6.07, 6.45) is -4.44. The Balaban J connectivity index is 1.63. The van der Waals surface area contributed by atoms with Gasteiger partial charge < -0.3 is 15.4 Å². The summed E-state index contributed by atoms with van der Waals surface area (Å²) < 4.78 is 104. The summed E-state index contributed by atoms with van der Waals surface area (Å²) in [5.41, 5.74) is 6.42. The SMILES string of the molecule is C[C@@H]1CN(c2ccc3c(=O)n(-c4ccc(Cl)c5c(NS(C)(=O)=O)nn(CC(F)(F)F)c45)c([C@@H](N)Cc4cc(F)cc(F)c4)nc3c2)C[C@H](C)O1. The number of alkyl halides is 3. The molecule has 11 nitrogen and oxygen atoms in total. The van der Waals surface area contributed by atoms with Crippen LogP contribution < -0.4 is 20.9 Å². The maximum Gasteiger partial charge on any atom is 0.408 e. The Hall–Kier alpha value is -4.32. The molecule has 266 valence electrons. The normalized spacial score (nSPS) is 17.8. The lowest BCUT2D eigenvalue weighted by Gasteiger charge is -2.37. The predicted molar refractivity (Wildman–Crippen MR) is 179 cm³/mol. The molecule has 6 rings (SSSR count). The molecule has 3 atom stereocenters. The fraction of sp³-hybridized carbons (Fsp3) is 0.344. The smallest absolute Gasteiger partial charge is 0.372 e. The van der Waals surface area contributed by atoms with E-state index in [4.69, 9.17) is 27.1 Å². The monoisotopic (exact) mass is 739 g/mol. The lowest BCUT2D eigenvalue weighted by atomic mass is 10.0. The molecule has 5 aromatic rings. The lowest BCUT2D eigenvalue weighted by Crippen LogP contribution is -2.45. The van der Waals surface area contributed by atoms with Gasteiger partial charge in [-0.05, 0) is 68.3 Å². The van der Waals surface area contributed by atoms with Crippen molar-refractivity contribution in [1.82, 2.24) is 19.3 Å². The number of nitrogens with one attached hydrogen (secondary N) is 1. The number of nitrogens with two attached hydrogens (primary N) is 1. The molecule has 0 radical (unpaired) electrons. The average molecular weight is 740 g/mol. The zero-order chi connectivity index (χ0) is 36.3. The van der Waals surface area contributed by atoms with Crippen molar-refractivity contribution in [2.24, 2.45) is 5.73 Å². The van der Waals surface area contributed by atoms with E-state index in [-0.39, 0.29) is 62.5 Å². The maximum atomic E-state index is 14.5. The van der Waals surface area contributed by atoms with E-state index < -0.39 is 51.8 Å². The van der Waals surface area contributed by atoms with Crippen LogP contribution in [0.25, 0.3) is 27.5 Å². The third kappa shape index (κ3) is 7.40. The van der Waals surface area contributed by atoms with Gasteiger partial charge in [0.15, 0.2) is 5.82 Å². The van der Waals surface area contributed by atoms with E-state index in [2.05, 4.69) is 14.7 Å². The second-order valence-electron chi connectivity index (χ2n) is 12.3. The van der Waals surface area contributed by atoms with Crippen molar-refractivity contribution in [1.29, 1.82) is 0 Å². The van der Waals surface area contributed by atoms with Crippen molar-refractivity contribution in [2.75, 3.05) is 29.0 Å². The Morgan fingerprint density at radius 2 is 1.72 bits per heavy atom. The van der Waals surface area contributed by atoms with Crippen LogP contribution in [-0.2, 0) is 27.7 Å². The molecule has 0 amide bonds. The minimum absolute atomic E-state index is 0.0790. The fourth-order valence-corrected chi connectivity index (χ4v) is 7.04. The second kappa shape index (κ2) is 13.1. The van der Waals surface area contributed by atoms with E-state index in [1.54, 1.807) is 12.1 Å². The van der Waals surface area contributed by atoms with Gasteiger partial charge >= 0.3 is 6.18 Å². The highest BCUT2D eigenvalue weighted by atomic mass is 35.5. The van der Waals surface area contributed by atoms with Gasteiger partial charge in [-0.25, -0.2) is 22.2 Å². The molecule has 3 N–H and O–H groups in total. The Labute approximate surface area is 287 Å². The number of anilines is 2. The molecule has 1 aliphatic heterocycles. The number of morpholine rings is 1. The highest BCUT2D eigenvalue weighted by Gasteiger charge is 2.33. The van der Waals surface area contributed by atoms with Gasteiger partial charge in [-0.3, -0.25) is 18.8 Å². The number of hydrogen-bond donors (Lipinski definition) is 2. The quantitative estimate of drug-likeness (QED) is 0.201. The largest absolute Gasteiger partial charge is 0.408 e. The third-order valence-corrected chi connectivity index (χ3v) is 8.93. The summed E-state index contributed by atoms with van der Waals surface area (Å²) in [7, 11) is -4.05. The number of nitrogens with zero attached hydrogens (tertiary/aromatic N) is 5. The molecule has 0 spiro atoms. The van der Waals surface area contributed by atoms with Crippen LogP contribution in [0.3, 0.4) is 0 Å². The molecule has 50 heavy (non-hydrogen) atoms. The fourth-order valence-electron chi connectivity index (χ4n) is 6.31. The van der Waals surface area contributed by atoms with Crippen molar-refractivity contribution in [3.63, 3.8) is 0 Å². The standard InChI is InChI=1S/C32H31ClF5N7O4S/c1-16-13-43(14-17(2)49-16)21-4-5-22-25(12-21)40-30(24(39)10-18-8-19(34)11-20(35)9-18)45(31(22)46)26-7-6-23(33)27-28(26)44(15-32(36,37)38)41-29(27)42-50(3,47)48/h4-9,11-12,16-17,24H,10,13-15,39H2,1-3H3,(H,41,42)/t16-,17+,24-/m0/s1. The molecule has 0 saturated carbocycles. The average Bonchev–Trinajstić information content (AvgIpc) is 3.31. The third-order valence-electron chi connectivity index (χ3n) is 8.05. The Kier molecular flexibility index (Phi) is 9.30. The predicted octanol–water partition coefficient (Wildman–Crippen LogP) is 5.46. The van der Waals surface area contributed by atoms with Crippen molar-refractivity contribution in [3.05, 3.63) is 86.9 Å². The Bertz CT molecular complexity index is 2270. The Morgan fingerprint density at radius 3 is 2.34 bits per heavy atom. The summed E-state index contributed by atoms with van der Waals surface area (Å²) in [5.74, 6) is -2.39. The summed E-state index contributed by atoms with van der Waals surface area (Å²) >= 11 is 6.44. The zero-order valence-electron chi connectivity index (χ0n) is 26.8. The van der Waals surface area contributed by atoms with Crippen molar-refractivity contribution < 1.29 is 35.1 Å². The topological polar surface area (TPSA) is 137 Å². The summed E-state index contributed by atoms with van der Waals surface area (Å²) in [5, 5.41) is 3.59. The van der Waals surface area contributed by atoms with E-state index in [1.807, 2.05) is 13.8 Å². The van der Waals surface area contributed by atoms with Crippen LogP contribution in [0, 0.1) is 11.6 Å². The van der Waals surface area contributed by atoms with Crippen LogP contribution in [0.5, 0.6) is 0 Å². The number of rotatable bonds is 8. The summed E-state index contributed by atoms with van der Waals surface area (Å²) in [6, 6.07) is 9.04. The molecule has 2 aromatic heterocycles. The van der Waals surface area contributed by atoms with E-state index in [0.29, 0.717) is 23.8 Å². The van der Waals surface area contributed by atoms with Gasteiger partial charge in [-0.15, -0.1) is 0 Å². The minimum Gasteiger partial charge on any atom is -0.372 e. The number of halogens is 6. The summed E-state index contributed by atoms with van der Waals surface area (Å²) in [4.78, 5) is 21.3. The van der Waals surface area contributed by atoms with Crippen LogP contribution in [0.2, 0.25) is 5.02 Å². The van der Waals surface area contributed by atoms with Crippen molar-refractivity contribution in [3.8, 4) is 5.69 Å². The molecule has 1 aliphatic rings. The van der Waals surface area contributed by atoms with Crippen LogP contribution >= 0.6 is 11.6 Å². The van der Waals surface area contributed by atoms with Crippen LogP contribution in [0.1, 0.15) is 31.3 Å². The highest BCUT2D eigenvalue weighted by molar-refractivity contribution is 7.92. The molecule has 0 bridgehead atoms. The van der Waals surface area contributed by atoms with Gasteiger partial charge in [0, 0.05) is 24.8 Å². The maximum absolute atomic E-state index is 14.5. The first-order valence-electron chi connectivity index (χ1n) is 15.3. The molecule has 18 heteroatoms. The minimum atomic E-state index is -4.83. The highest BCUT2D eigenvalue weighted by Crippen LogP contribution is 2.37. The van der Waals surface area contributed by atoms with Crippen molar-refractivity contribution >= 4 is 54.9 Å². The van der Waals surface area contributed by atoms with Gasteiger partial charge in [-0.1, -0.05) is 11.6 Å². The first kappa shape index (κ1) is 35.5. The van der Waals surface area contributed by atoms with Crippen LogP contribution in [0.15, 0.2) is 53.3 Å². The molecular weight excluding hydrogens is 709 g/mol. The van der Waals surface area contributed by atoms with Gasteiger partial charge in [0.05, 0.1) is 57.0 Å². The zero-order valence-corrected chi connectivity index (χ0v) is 28.4. The molecule has 3 heterocycles. The molecule has 0 unspecified atom stereocenters. The lowest BCUT2D eigenvalue weighted by molar-refractivity contribution is -0.141. The van der Waals surface area contributed by atoms with Crippen LogP contribution in [0.4, 0.5) is 33.5 Å². The van der Waals surface area contributed by atoms with E-state index in [0.717, 1.165) is 28.6 Å². The molecule has 1 fully saturated rings. The number of aromatic nitrogens is 4. The van der Waals surface area contributed by atoms with E-state index in [1.165, 1.54) is 18.2 Å². The van der Waals surface area contributed by atoms with Crippen molar-refractivity contribution in [2.45, 2.75) is 51.2 Å². The van der Waals surface area contributed by atoms with Gasteiger partial charge in [-0.2, -0.15) is 18.3 Å². The second-order valence-corrected chi connectivity index (χ2v) is 14.5. The molecule has 0 aliphatic carbocycles. The number of ether oxygens (including phenoxy) is 1. The van der Waals surface area contributed by atoms with E-state index >= 15 is 0 Å². The number of sulfonamides is 1. The molecular formula is C32H31ClF5N7O4S. The number of fused-ring (bicyclic) bond motifs is 2. The first-order chi connectivity index (χ1) is 23.4. The first-order valence-corrected chi connectivity index (χ1v) is 17.6. The molecule has 3 aromatic carbocycles. The number of hydrogen-bond acceptors (Lipinski definition) is 8. The number of benzene rings is 3. The van der Waals surface area contributed by atoms with Crippen LogP contribution in [-0.4, -0.2) is 65.5 Å².